The Morgan fingerprint density at radius 2 is 1.95 bits per heavy atom. The molecule has 0 aliphatic heterocycles. The lowest BCUT2D eigenvalue weighted by Gasteiger charge is -2.09. The molecule has 1 heterocycles. The van der Waals surface area contributed by atoms with Crippen molar-refractivity contribution >= 4 is 21.5 Å². The SMILES string of the molecule is Cn1cnc(N)c1S(=O)(=O)Nc1ccc(C#N)c(C#N)c1. The maximum atomic E-state index is 12.3. The van der Waals surface area contributed by atoms with Crippen LogP contribution in [0.2, 0.25) is 0 Å². The van der Waals surface area contributed by atoms with E-state index in [1.54, 1.807) is 0 Å². The fraction of sp³-hybridized carbons (Fsp3) is 0.0833. The van der Waals surface area contributed by atoms with Crippen LogP contribution >= 0.6 is 0 Å². The van der Waals surface area contributed by atoms with E-state index >= 15 is 0 Å². The van der Waals surface area contributed by atoms with Crippen LogP contribution in [0.25, 0.3) is 0 Å². The van der Waals surface area contributed by atoms with Crippen LogP contribution in [0.1, 0.15) is 11.1 Å². The quantitative estimate of drug-likeness (QED) is 0.849. The number of hydrogen-bond acceptors (Lipinski definition) is 6. The first kappa shape index (κ1) is 14.4. The molecule has 21 heavy (non-hydrogen) atoms. The summed E-state index contributed by atoms with van der Waals surface area (Å²) >= 11 is 0. The molecule has 0 radical (unpaired) electrons. The molecule has 1 aromatic carbocycles. The zero-order valence-electron chi connectivity index (χ0n) is 10.9. The van der Waals surface area contributed by atoms with E-state index in [9.17, 15) is 8.42 Å². The van der Waals surface area contributed by atoms with E-state index in [0.717, 1.165) is 0 Å². The number of hydrogen-bond donors (Lipinski definition) is 2. The zero-order chi connectivity index (χ0) is 15.6. The number of rotatable bonds is 3. The third kappa shape index (κ3) is 2.63. The van der Waals surface area contributed by atoms with Crippen molar-refractivity contribution in [1.82, 2.24) is 9.55 Å². The Labute approximate surface area is 121 Å². The lowest BCUT2D eigenvalue weighted by molar-refractivity contribution is 0.592. The molecule has 0 amide bonds. The van der Waals surface area contributed by atoms with Crippen molar-refractivity contribution in [2.45, 2.75) is 5.03 Å². The molecular formula is C12H10N6O2S. The average Bonchev–Trinajstić information content (AvgIpc) is 2.78. The average molecular weight is 302 g/mol. The van der Waals surface area contributed by atoms with Gasteiger partial charge in [0.1, 0.15) is 12.1 Å². The number of nitriles is 2. The molecule has 2 rings (SSSR count). The second-order valence-corrected chi connectivity index (χ2v) is 5.73. The first-order chi connectivity index (χ1) is 9.89. The number of aromatic nitrogens is 2. The Morgan fingerprint density at radius 1 is 1.29 bits per heavy atom. The Balaban J connectivity index is 2.44. The summed E-state index contributed by atoms with van der Waals surface area (Å²) in [5, 5.41) is 17.6. The second-order valence-electron chi connectivity index (χ2n) is 4.14. The molecule has 3 N–H and O–H groups in total. The molecule has 0 saturated heterocycles. The highest BCUT2D eigenvalue weighted by Crippen LogP contribution is 2.21. The molecule has 0 unspecified atom stereocenters. The summed E-state index contributed by atoms with van der Waals surface area (Å²) in [7, 11) is -2.45. The number of nitrogens with zero attached hydrogens (tertiary/aromatic N) is 4. The predicted octanol–water partition coefficient (Wildman–Crippen LogP) is 0.546. The van der Waals surface area contributed by atoms with Gasteiger partial charge in [0.15, 0.2) is 10.8 Å². The topological polar surface area (TPSA) is 138 Å². The highest BCUT2D eigenvalue weighted by atomic mass is 32.2. The summed E-state index contributed by atoms with van der Waals surface area (Å²) in [4.78, 5) is 3.71. The lowest BCUT2D eigenvalue weighted by atomic mass is 10.1. The van der Waals surface area contributed by atoms with E-state index in [-0.39, 0.29) is 27.7 Å². The monoisotopic (exact) mass is 302 g/mol. The van der Waals surface area contributed by atoms with Gasteiger partial charge in [-0.15, -0.1) is 0 Å². The van der Waals surface area contributed by atoms with Crippen LogP contribution in [-0.4, -0.2) is 18.0 Å². The predicted molar refractivity (Wildman–Crippen MR) is 74.3 cm³/mol. The van der Waals surface area contributed by atoms with Crippen molar-refractivity contribution in [1.29, 1.82) is 10.5 Å². The molecule has 0 aliphatic carbocycles. The fourth-order valence-electron chi connectivity index (χ4n) is 1.77. The molecule has 0 atom stereocenters. The summed E-state index contributed by atoms with van der Waals surface area (Å²) < 4.78 is 28.1. The van der Waals surface area contributed by atoms with Crippen LogP contribution in [0.5, 0.6) is 0 Å². The van der Waals surface area contributed by atoms with E-state index in [0.29, 0.717) is 0 Å². The van der Waals surface area contributed by atoms with Crippen molar-refractivity contribution in [3.05, 3.63) is 35.7 Å². The van der Waals surface area contributed by atoms with Gasteiger partial charge in [-0.05, 0) is 18.2 Å². The number of sulfonamides is 1. The molecule has 0 spiro atoms. The van der Waals surface area contributed by atoms with Crippen molar-refractivity contribution < 1.29 is 8.42 Å². The summed E-state index contributed by atoms with van der Waals surface area (Å²) in [5.41, 5.74) is 5.94. The van der Waals surface area contributed by atoms with Crippen molar-refractivity contribution in [3.8, 4) is 12.1 Å². The highest BCUT2D eigenvalue weighted by molar-refractivity contribution is 7.92. The Morgan fingerprint density at radius 3 is 2.48 bits per heavy atom. The normalized spacial score (nSPS) is 10.6. The number of nitrogens with one attached hydrogen (secondary N) is 1. The molecule has 106 valence electrons. The standard InChI is InChI=1S/C12H10N6O2S/c1-18-7-16-11(15)12(18)21(19,20)17-10-3-2-8(5-13)9(4-10)6-14/h2-4,7,17H,15H2,1H3. The van der Waals surface area contributed by atoms with E-state index in [2.05, 4.69) is 9.71 Å². The molecule has 8 nitrogen and oxygen atoms in total. The number of nitrogen functional groups attached to an aromatic ring is 1. The summed E-state index contributed by atoms with van der Waals surface area (Å²) in [6.07, 6.45) is 1.28. The minimum atomic E-state index is -3.94. The van der Waals surface area contributed by atoms with Gasteiger partial charge in [0.2, 0.25) is 0 Å². The number of nitrogens with two attached hydrogens (primary N) is 1. The minimum Gasteiger partial charge on any atom is -0.381 e. The smallest absolute Gasteiger partial charge is 0.281 e. The molecule has 2 aromatic rings. The van der Waals surface area contributed by atoms with E-state index in [4.69, 9.17) is 16.3 Å². The third-order valence-corrected chi connectivity index (χ3v) is 4.19. The Bertz CT molecular complexity index is 866. The summed E-state index contributed by atoms with van der Waals surface area (Å²) in [6, 6.07) is 7.72. The van der Waals surface area contributed by atoms with Crippen molar-refractivity contribution in [2.75, 3.05) is 10.5 Å². The Hall–Kier alpha value is -3.04. The van der Waals surface area contributed by atoms with Crippen LogP contribution in [0.15, 0.2) is 29.6 Å². The van der Waals surface area contributed by atoms with E-state index in [1.807, 2.05) is 12.1 Å². The number of benzene rings is 1. The van der Waals surface area contributed by atoms with Crippen LogP contribution in [0, 0.1) is 22.7 Å². The largest absolute Gasteiger partial charge is 0.381 e. The second kappa shape index (κ2) is 5.15. The molecule has 0 fully saturated rings. The number of anilines is 2. The van der Waals surface area contributed by atoms with E-state index in [1.165, 1.54) is 36.1 Å². The lowest BCUT2D eigenvalue weighted by Crippen LogP contribution is -2.17. The van der Waals surface area contributed by atoms with Gasteiger partial charge >= 0.3 is 0 Å². The van der Waals surface area contributed by atoms with Gasteiger partial charge < -0.3 is 10.3 Å². The van der Waals surface area contributed by atoms with Crippen LogP contribution in [0.4, 0.5) is 11.5 Å². The molecule has 0 bridgehead atoms. The van der Waals surface area contributed by atoms with E-state index < -0.39 is 10.0 Å². The molecule has 9 heteroatoms. The van der Waals surface area contributed by atoms with Gasteiger partial charge in [-0.2, -0.15) is 18.9 Å². The first-order valence-corrected chi connectivity index (χ1v) is 7.11. The first-order valence-electron chi connectivity index (χ1n) is 5.63. The maximum Gasteiger partial charge on any atom is 0.281 e. The minimum absolute atomic E-state index is 0.0793. The van der Waals surface area contributed by atoms with Gasteiger partial charge in [-0.1, -0.05) is 0 Å². The van der Waals surface area contributed by atoms with Gasteiger partial charge in [0.05, 0.1) is 23.1 Å². The zero-order valence-corrected chi connectivity index (χ0v) is 11.7. The highest BCUT2D eigenvalue weighted by Gasteiger charge is 2.22. The van der Waals surface area contributed by atoms with Crippen LogP contribution in [0.3, 0.4) is 0 Å². The van der Waals surface area contributed by atoms with Crippen LogP contribution in [-0.2, 0) is 17.1 Å². The summed E-state index contributed by atoms with van der Waals surface area (Å²) in [6.45, 7) is 0. The maximum absolute atomic E-state index is 12.3. The van der Waals surface area contributed by atoms with Gasteiger partial charge in [0, 0.05) is 7.05 Å². The van der Waals surface area contributed by atoms with Crippen LogP contribution < -0.4 is 10.5 Å². The molecule has 0 saturated carbocycles. The summed E-state index contributed by atoms with van der Waals surface area (Å²) in [5.74, 6) is -0.126. The number of imidazole rings is 1. The van der Waals surface area contributed by atoms with Crippen molar-refractivity contribution in [3.63, 3.8) is 0 Å². The molecule has 1 aromatic heterocycles. The third-order valence-electron chi connectivity index (χ3n) is 2.68. The Kier molecular flexibility index (Phi) is 3.52. The van der Waals surface area contributed by atoms with Gasteiger partial charge in [-0.3, -0.25) is 4.72 Å². The van der Waals surface area contributed by atoms with Crippen molar-refractivity contribution in [2.24, 2.45) is 7.05 Å². The van der Waals surface area contributed by atoms with Gasteiger partial charge in [-0.25, -0.2) is 4.98 Å². The fourth-order valence-corrected chi connectivity index (χ4v) is 3.05. The molecular weight excluding hydrogens is 292 g/mol. The number of aryl methyl sites for hydroxylation is 1. The molecule has 0 aliphatic rings. The van der Waals surface area contributed by atoms with Gasteiger partial charge in [0.25, 0.3) is 10.0 Å².